The highest BCUT2D eigenvalue weighted by molar-refractivity contribution is 6.42. The molecule has 2 aromatic heterocycles. The molecule has 4 rings (SSSR count). The number of fused-ring (bicyclic) bond motifs is 1. The number of anilines is 3. The van der Waals surface area contributed by atoms with Crippen molar-refractivity contribution in [1.29, 1.82) is 0 Å². The first-order chi connectivity index (χ1) is 16.6. The van der Waals surface area contributed by atoms with Gasteiger partial charge in [-0.15, -0.1) is 0 Å². The summed E-state index contributed by atoms with van der Waals surface area (Å²) < 4.78 is 4.35. The van der Waals surface area contributed by atoms with E-state index in [4.69, 9.17) is 23.2 Å². The summed E-state index contributed by atoms with van der Waals surface area (Å²) in [6.07, 6.45) is 3.76. The van der Waals surface area contributed by atoms with Gasteiger partial charge in [0, 0.05) is 39.4 Å². The Morgan fingerprint density at radius 1 is 1.11 bits per heavy atom. The van der Waals surface area contributed by atoms with Crippen LogP contribution in [0, 0.1) is 0 Å². The Bertz CT molecular complexity index is 1410. The molecule has 35 heavy (non-hydrogen) atoms. The van der Waals surface area contributed by atoms with Crippen LogP contribution in [-0.2, 0) is 25.4 Å². The smallest absolute Gasteiger partial charge is 0.332 e. The number of unbranched alkanes of at least 4 members (excludes halogenated alkanes) is 1. The van der Waals surface area contributed by atoms with Crippen molar-refractivity contribution in [1.82, 2.24) is 18.7 Å². The summed E-state index contributed by atoms with van der Waals surface area (Å²) >= 11 is 12.2. The summed E-state index contributed by atoms with van der Waals surface area (Å²) in [5.74, 6) is 0.564. The number of nitrogens with one attached hydrogen (secondary N) is 1. The zero-order valence-electron chi connectivity index (χ0n) is 20.0. The van der Waals surface area contributed by atoms with Crippen molar-refractivity contribution in [2.75, 3.05) is 35.4 Å². The Morgan fingerprint density at radius 2 is 1.86 bits per heavy atom. The lowest BCUT2D eigenvalue weighted by Gasteiger charge is -2.18. The molecule has 1 amide bonds. The summed E-state index contributed by atoms with van der Waals surface area (Å²) in [6, 6.07) is 5.26. The van der Waals surface area contributed by atoms with Crippen LogP contribution < -0.4 is 26.4 Å². The molecule has 1 aliphatic rings. The van der Waals surface area contributed by atoms with Crippen molar-refractivity contribution in [2.24, 2.45) is 14.1 Å². The predicted octanol–water partition coefficient (Wildman–Crippen LogP) is 2.91. The maximum Gasteiger partial charge on any atom is 0.332 e. The van der Waals surface area contributed by atoms with Gasteiger partial charge in [-0.05, 0) is 18.6 Å². The lowest BCUT2D eigenvalue weighted by molar-refractivity contribution is -0.115. The predicted molar refractivity (Wildman–Crippen MR) is 139 cm³/mol. The molecule has 0 saturated heterocycles. The van der Waals surface area contributed by atoms with Gasteiger partial charge in [0.15, 0.2) is 0 Å². The molecule has 1 aliphatic heterocycles. The monoisotopic (exact) mass is 519 g/mol. The minimum atomic E-state index is -0.438. The molecular formula is C23H27Cl2N7O3. The van der Waals surface area contributed by atoms with Crippen LogP contribution in [0.15, 0.2) is 34.0 Å². The first-order valence-corrected chi connectivity index (χ1v) is 12.0. The largest absolute Gasteiger partial charge is 0.341 e. The second-order valence-corrected chi connectivity index (χ2v) is 9.40. The number of aromatic nitrogens is 4. The molecule has 0 saturated carbocycles. The molecule has 0 atom stereocenters. The Morgan fingerprint density at radius 3 is 2.54 bits per heavy atom. The summed E-state index contributed by atoms with van der Waals surface area (Å²) in [4.78, 5) is 46.3. The van der Waals surface area contributed by atoms with Gasteiger partial charge in [0.1, 0.15) is 11.5 Å². The highest BCUT2D eigenvalue weighted by Gasteiger charge is 2.32. The molecule has 3 heterocycles. The van der Waals surface area contributed by atoms with E-state index < -0.39 is 11.2 Å². The molecule has 0 radical (unpaired) electrons. The quantitative estimate of drug-likeness (QED) is 0.515. The SMILES string of the molecule is CCCCn1cc(-c2ccc(Cl)c(Cl)c2)nc1NC(=O)CN1CN(C)c2c1c(=O)n(C)c(=O)n2C. The number of nitrogens with zero attached hydrogens (tertiary/aromatic N) is 6. The van der Waals surface area contributed by atoms with E-state index >= 15 is 0 Å². The fraction of sp³-hybridized carbons (Fsp3) is 0.391. The Labute approximate surface area is 212 Å². The second kappa shape index (κ2) is 9.79. The summed E-state index contributed by atoms with van der Waals surface area (Å²) in [6.45, 7) is 2.99. The molecule has 0 fully saturated rings. The number of halogens is 2. The van der Waals surface area contributed by atoms with Gasteiger partial charge in [-0.25, -0.2) is 9.78 Å². The summed E-state index contributed by atoms with van der Waals surface area (Å²) in [5.41, 5.74) is 0.902. The van der Waals surface area contributed by atoms with E-state index in [9.17, 15) is 14.4 Å². The Balaban J connectivity index is 1.60. The highest BCUT2D eigenvalue weighted by atomic mass is 35.5. The van der Waals surface area contributed by atoms with E-state index in [1.54, 1.807) is 36.0 Å². The van der Waals surface area contributed by atoms with Crippen molar-refractivity contribution in [3.8, 4) is 11.3 Å². The number of imidazole rings is 1. The molecule has 186 valence electrons. The molecule has 12 heteroatoms. The van der Waals surface area contributed by atoms with Crippen LogP contribution in [0.4, 0.5) is 17.5 Å². The first-order valence-electron chi connectivity index (χ1n) is 11.2. The van der Waals surface area contributed by atoms with Crippen molar-refractivity contribution < 1.29 is 4.79 Å². The minimum absolute atomic E-state index is 0.0759. The fourth-order valence-corrected chi connectivity index (χ4v) is 4.50. The lowest BCUT2D eigenvalue weighted by atomic mass is 10.2. The zero-order valence-corrected chi connectivity index (χ0v) is 21.5. The van der Waals surface area contributed by atoms with E-state index in [2.05, 4.69) is 17.2 Å². The average Bonchev–Trinajstić information content (AvgIpc) is 3.36. The van der Waals surface area contributed by atoms with Gasteiger partial charge in [0.25, 0.3) is 5.56 Å². The number of carbonyl (C=O) groups excluding carboxylic acids is 1. The molecule has 0 bridgehead atoms. The van der Waals surface area contributed by atoms with E-state index in [-0.39, 0.29) is 12.5 Å². The summed E-state index contributed by atoms with van der Waals surface area (Å²) in [7, 11) is 4.81. The van der Waals surface area contributed by atoms with Crippen LogP contribution in [0.3, 0.4) is 0 Å². The van der Waals surface area contributed by atoms with Gasteiger partial charge < -0.3 is 14.4 Å². The number of amides is 1. The van der Waals surface area contributed by atoms with E-state index in [0.717, 1.165) is 23.0 Å². The third kappa shape index (κ3) is 4.68. The standard InChI is InChI=1S/C23H27Cl2N7O3/c1-5-6-9-31-11-17(14-7-8-15(24)16(25)10-14)26-22(31)27-18(33)12-32-13-28(2)20-19(32)21(34)30(4)23(35)29(20)3/h7-8,10-11H,5-6,9,12-13H2,1-4H3,(H,26,27,33). The van der Waals surface area contributed by atoms with Crippen LogP contribution in [-0.4, -0.2) is 44.9 Å². The third-order valence-corrected chi connectivity index (χ3v) is 6.74. The number of aryl methyl sites for hydroxylation is 1. The third-order valence-electron chi connectivity index (χ3n) is 6.00. The lowest BCUT2D eigenvalue weighted by Crippen LogP contribution is -2.41. The molecule has 0 unspecified atom stereocenters. The van der Waals surface area contributed by atoms with Crippen molar-refractivity contribution in [3.05, 3.63) is 55.3 Å². The number of rotatable bonds is 7. The molecule has 1 N–H and O–H groups in total. The molecular weight excluding hydrogens is 493 g/mol. The van der Waals surface area contributed by atoms with E-state index in [1.807, 2.05) is 16.8 Å². The first kappa shape index (κ1) is 24.9. The van der Waals surface area contributed by atoms with Gasteiger partial charge in [0.05, 0.1) is 29.0 Å². The topological polar surface area (TPSA) is 97.4 Å². The molecule has 10 nitrogen and oxygen atoms in total. The van der Waals surface area contributed by atoms with Gasteiger partial charge in [-0.2, -0.15) is 0 Å². The van der Waals surface area contributed by atoms with Crippen LogP contribution in [0.25, 0.3) is 11.3 Å². The maximum atomic E-state index is 13.1. The zero-order chi connectivity index (χ0) is 25.4. The van der Waals surface area contributed by atoms with Crippen molar-refractivity contribution >= 4 is 46.6 Å². The van der Waals surface area contributed by atoms with Crippen LogP contribution in [0.5, 0.6) is 0 Å². The van der Waals surface area contributed by atoms with Crippen LogP contribution in [0.1, 0.15) is 19.8 Å². The van der Waals surface area contributed by atoms with Gasteiger partial charge in [-0.1, -0.05) is 42.6 Å². The Kier molecular flexibility index (Phi) is 6.95. The fourth-order valence-electron chi connectivity index (χ4n) is 4.20. The summed E-state index contributed by atoms with van der Waals surface area (Å²) in [5, 5.41) is 3.76. The average molecular weight is 520 g/mol. The van der Waals surface area contributed by atoms with Crippen LogP contribution >= 0.6 is 23.2 Å². The van der Waals surface area contributed by atoms with E-state index in [1.165, 1.54) is 11.6 Å². The minimum Gasteiger partial charge on any atom is -0.341 e. The normalized spacial score (nSPS) is 12.9. The van der Waals surface area contributed by atoms with Gasteiger partial charge >= 0.3 is 5.69 Å². The molecule has 0 spiro atoms. The number of hydrogen-bond donors (Lipinski definition) is 1. The van der Waals surface area contributed by atoms with Crippen LogP contribution in [0.2, 0.25) is 10.0 Å². The molecule has 1 aromatic carbocycles. The van der Waals surface area contributed by atoms with Gasteiger partial charge in [-0.3, -0.25) is 24.0 Å². The number of hydrogen-bond acceptors (Lipinski definition) is 6. The second-order valence-electron chi connectivity index (χ2n) is 8.59. The number of benzene rings is 1. The Hall–Kier alpha value is -3.24. The molecule has 0 aliphatic carbocycles. The number of carbonyl (C=O) groups is 1. The highest BCUT2D eigenvalue weighted by Crippen LogP contribution is 2.31. The molecule has 3 aromatic rings. The van der Waals surface area contributed by atoms with Crippen molar-refractivity contribution in [2.45, 2.75) is 26.3 Å². The van der Waals surface area contributed by atoms with E-state index in [0.29, 0.717) is 46.4 Å². The maximum absolute atomic E-state index is 13.1. The van der Waals surface area contributed by atoms with Gasteiger partial charge in [0.2, 0.25) is 11.9 Å². The van der Waals surface area contributed by atoms with Crippen molar-refractivity contribution in [3.63, 3.8) is 0 Å².